The Bertz CT molecular complexity index is 916. The Morgan fingerprint density at radius 2 is 2.00 bits per heavy atom. The highest BCUT2D eigenvalue weighted by atomic mass is 16.3. The van der Waals surface area contributed by atoms with E-state index in [-0.39, 0.29) is 12.5 Å². The van der Waals surface area contributed by atoms with Gasteiger partial charge in [-0.25, -0.2) is 4.98 Å². The minimum atomic E-state index is -0.413. The number of hydrogen-bond acceptors (Lipinski definition) is 4. The number of aromatic nitrogens is 3. The van der Waals surface area contributed by atoms with Gasteiger partial charge in [-0.1, -0.05) is 32.0 Å². The summed E-state index contributed by atoms with van der Waals surface area (Å²) in [6, 6.07) is 13.2. The molecular formula is C20H22N4O2. The van der Waals surface area contributed by atoms with Crippen molar-refractivity contribution in [2.75, 3.05) is 18.1 Å². The largest absolute Gasteiger partial charge is 0.396 e. The van der Waals surface area contributed by atoms with Crippen molar-refractivity contribution in [1.82, 2.24) is 15.2 Å². The summed E-state index contributed by atoms with van der Waals surface area (Å²) in [7, 11) is 0. The molecule has 0 aliphatic carbocycles. The quantitative estimate of drug-likeness (QED) is 0.670. The van der Waals surface area contributed by atoms with Crippen LogP contribution in [-0.2, 0) is 4.79 Å². The average molecular weight is 350 g/mol. The van der Waals surface area contributed by atoms with Crippen molar-refractivity contribution in [3.8, 4) is 0 Å². The number of anilines is 1. The fourth-order valence-electron chi connectivity index (χ4n) is 2.62. The van der Waals surface area contributed by atoms with E-state index in [2.05, 4.69) is 15.2 Å². The molecule has 0 radical (unpaired) electrons. The lowest BCUT2D eigenvalue weighted by atomic mass is 9.93. The van der Waals surface area contributed by atoms with E-state index in [4.69, 9.17) is 0 Å². The number of aliphatic hydroxyl groups excluding tert-OH is 1. The first kappa shape index (κ1) is 17.8. The van der Waals surface area contributed by atoms with E-state index in [9.17, 15) is 9.90 Å². The van der Waals surface area contributed by atoms with E-state index < -0.39 is 5.41 Å². The fourth-order valence-corrected chi connectivity index (χ4v) is 2.62. The van der Waals surface area contributed by atoms with E-state index in [1.165, 1.54) is 6.08 Å². The first-order valence-corrected chi connectivity index (χ1v) is 8.45. The number of hydrogen-bond donors (Lipinski definition) is 2. The third-order valence-corrected chi connectivity index (χ3v) is 4.10. The number of rotatable bonds is 6. The SMILES string of the molecule is CC(C)(CO)CN(C(=O)/C=C/c1[nH]nc2ncccc12)c1ccccc1. The molecule has 6 heteroatoms. The zero-order chi connectivity index (χ0) is 18.6. The molecule has 26 heavy (non-hydrogen) atoms. The molecule has 2 heterocycles. The molecule has 0 fully saturated rings. The second kappa shape index (κ2) is 7.49. The number of nitrogens with one attached hydrogen (secondary N) is 1. The van der Waals surface area contributed by atoms with Crippen LogP contribution < -0.4 is 4.90 Å². The van der Waals surface area contributed by atoms with Crippen molar-refractivity contribution in [3.63, 3.8) is 0 Å². The van der Waals surface area contributed by atoms with Crippen LogP contribution in [0.2, 0.25) is 0 Å². The van der Waals surface area contributed by atoms with Crippen molar-refractivity contribution in [2.45, 2.75) is 13.8 Å². The number of aromatic amines is 1. The Morgan fingerprint density at radius 3 is 2.73 bits per heavy atom. The number of fused-ring (bicyclic) bond motifs is 1. The van der Waals surface area contributed by atoms with Gasteiger partial charge in [-0.2, -0.15) is 5.10 Å². The van der Waals surface area contributed by atoms with Crippen molar-refractivity contribution in [3.05, 3.63) is 60.4 Å². The molecule has 6 nitrogen and oxygen atoms in total. The van der Waals surface area contributed by atoms with Gasteiger partial charge in [-0.3, -0.25) is 9.89 Å². The minimum absolute atomic E-state index is 0.00974. The fraction of sp³-hybridized carbons (Fsp3) is 0.250. The maximum atomic E-state index is 12.9. The van der Waals surface area contributed by atoms with Crippen LogP contribution >= 0.6 is 0 Å². The second-order valence-electron chi connectivity index (χ2n) is 6.93. The zero-order valence-electron chi connectivity index (χ0n) is 14.9. The molecule has 0 saturated heterocycles. The van der Waals surface area contributed by atoms with Gasteiger partial charge in [0.1, 0.15) is 0 Å². The summed E-state index contributed by atoms with van der Waals surface area (Å²) in [5.41, 5.74) is 1.72. The van der Waals surface area contributed by atoms with Gasteiger partial charge in [0.15, 0.2) is 5.65 Å². The van der Waals surface area contributed by atoms with E-state index >= 15 is 0 Å². The Labute approximate surface area is 152 Å². The summed E-state index contributed by atoms with van der Waals surface area (Å²) >= 11 is 0. The second-order valence-corrected chi connectivity index (χ2v) is 6.93. The lowest BCUT2D eigenvalue weighted by molar-refractivity contribution is -0.114. The summed E-state index contributed by atoms with van der Waals surface area (Å²) < 4.78 is 0. The molecule has 3 rings (SSSR count). The van der Waals surface area contributed by atoms with E-state index in [1.807, 2.05) is 56.3 Å². The molecule has 0 unspecified atom stereocenters. The monoisotopic (exact) mass is 350 g/mol. The van der Waals surface area contributed by atoms with Gasteiger partial charge in [0.05, 0.1) is 5.69 Å². The number of aliphatic hydroxyl groups is 1. The van der Waals surface area contributed by atoms with Crippen LogP contribution in [0.1, 0.15) is 19.5 Å². The molecule has 0 aliphatic rings. The van der Waals surface area contributed by atoms with Crippen LogP contribution in [0, 0.1) is 5.41 Å². The molecule has 3 aromatic rings. The Kier molecular flexibility index (Phi) is 5.14. The summed E-state index contributed by atoms with van der Waals surface area (Å²) in [6.45, 7) is 4.24. The molecule has 2 N–H and O–H groups in total. The Morgan fingerprint density at radius 1 is 1.23 bits per heavy atom. The van der Waals surface area contributed by atoms with Crippen LogP contribution in [0.3, 0.4) is 0 Å². The molecule has 0 saturated carbocycles. The molecule has 2 aromatic heterocycles. The summed E-state index contributed by atoms with van der Waals surface area (Å²) in [4.78, 5) is 18.7. The molecule has 134 valence electrons. The maximum Gasteiger partial charge on any atom is 0.251 e. The number of H-pyrrole nitrogens is 1. The molecule has 1 amide bonds. The average Bonchev–Trinajstić information content (AvgIpc) is 3.08. The predicted octanol–water partition coefficient (Wildman–Crippen LogP) is 3.02. The van der Waals surface area contributed by atoms with Crippen LogP contribution in [0.15, 0.2) is 54.7 Å². The maximum absolute atomic E-state index is 12.9. The summed E-state index contributed by atoms with van der Waals surface area (Å²) in [5.74, 6) is -0.163. The number of amides is 1. The summed E-state index contributed by atoms with van der Waals surface area (Å²) in [6.07, 6.45) is 4.90. The molecular weight excluding hydrogens is 328 g/mol. The third kappa shape index (κ3) is 3.97. The number of pyridine rings is 1. The van der Waals surface area contributed by atoms with Crippen LogP contribution in [-0.4, -0.2) is 39.3 Å². The smallest absolute Gasteiger partial charge is 0.251 e. The standard InChI is InChI=1S/C20H22N4O2/c1-20(2,14-25)13-24(15-7-4-3-5-8-15)18(26)11-10-17-16-9-6-12-21-19(16)23-22-17/h3-12,25H,13-14H2,1-2H3,(H,21,22,23)/b11-10+. The van der Waals surface area contributed by atoms with Crippen molar-refractivity contribution < 1.29 is 9.90 Å². The normalized spacial score (nSPS) is 12.0. The van der Waals surface area contributed by atoms with Gasteiger partial charge in [-0.05, 0) is 30.3 Å². The Balaban J connectivity index is 1.87. The first-order chi connectivity index (χ1) is 12.5. The number of carbonyl (C=O) groups is 1. The number of nitrogens with zero attached hydrogens (tertiary/aromatic N) is 3. The molecule has 0 spiro atoms. The number of benzene rings is 1. The Hall–Kier alpha value is -2.99. The summed E-state index contributed by atoms with van der Waals surface area (Å²) in [5, 5.41) is 17.5. The first-order valence-electron chi connectivity index (χ1n) is 8.45. The van der Waals surface area contributed by atoms with E-state index in [0.717, 1.165) is 16.8 Å². The van der Waals surface area contributed by atoms with Gasteiger partial charge in [-0.15, -0.1) is 0 Å². The van der Waals surface area contributed by atoms with Gasteiger partial charge >= 0.3 is 0 Å². The molecule has 0 bridgehead atoms. The van der Waals surface area contributed by atoms with Crippen molar-refractivity contribution in [2.24, 2.45) is 5.41 Å². The third-order valence-electron chi connectivity index (χ3n) is 4.10. The van der Waals surface area contributed by atoms with Gasteiger partial charge < -0.3 is 10.0 Å². The molecule has 1 aromatic carbocycles. The molecule has 0 atom stereocenters. The lowest BCUT2D eigenvalue weighted by Crippen LogP contribution is -2.39. The number of para-hydroxylation sites is 1. The van der Waals surface area contributed by atoms with E-state index in [1.54, 1.807) is 17.2 Å². The van der Waals surface area contributed by atoms with Crippen LogP contribution in [0.4, 0.5) is 5.69 Å². The highest BCUT2D eigenvalue weighted by Crippen LogP contribution is 2.22. The van der Waals surface area contributed by atoms with Crippen molar-refractivity contribution in [1.29, 1.82) is 0 Å². The zero-order valence-corrected chi connectivity index (χ0v) is 14.9. The van der Waals surface area contributed by atoms with Gasteiger partial charge in [0.25, 0.3) is 5.91 Å². The topological polar surface area (TPSA) is 82.1 Å². The highest BCUT2D eigenvalue weighted by Gasteiger charge is 2.24. The van der Waals surface area contributed by atoms with E-state index in [0.29, 0.717) is 12.2 Å². The van der Waals surface area contributed by atoms with Crippen molar-refractivity contribution >= 4 is 28.7 Å². The lowest BCUT2D eigenvalue weighted by Gasteiger charge is -2.30. The highest BCUT2D eigenvalue weighted by molar-refractivity contribution is 6.04. The number of carbonyl (C=O) groups excluding carboxylic acids is 1. The van der Waals surface area contributed by atoms with Gasteiger partial charge in [0, 0.05) is 41.9 Å². The predicted molar refractivity (Wildman–Crippen MR) is 103 cm³/mol. The van der Waals surface area contributed by atoms with Gasteiger partial charge in [0.2, 0.25) is 0 Å². The molecule has 0 aliphatic heterocycles. The van der Waals surface area contributed by atoms with Crippen LogP contribution in [0.25, 0.3) is 17.1 Å². The van der Waals surface area contributed by atoms with Crippen LogP contribution in [0.5, 0.6) is 0 Å². The minimum Gasteiger partial charge on any atom is -0.396 e.